The fourth-order valence-corrected chi connectivity index (χ4v) is 3.79. The van der Waals surface area contributed by atoms with Gasteiger partial charge >= 0.3 is 12.1 Å². The maximum atomic E-state index is 13.6. The maximum Gasteiger partial charge on any atom is 0.419 e. The molecule has 0 amide bonds. The van der Waals surface area contributed by atoms with Crippen molar-refractivity contribution in [1.82, 2.24) is 9.88 Å². The van der Waals surface area contributed by atoms with Gasteiger partial charge in [-0.2, -0.15) is 13.2 Å². The Morgan fingerprint density at radius 1 is 1.16 bits per heavy atom. The number of morpholine rings is 1. The van der Waals surface area contributed by atoms with Crippen molar-refractivity contribution in [1.29, 1.82) is 0 Å². The largest absolute Gasteiger partial charge is 0.489 e. The lowest BCUT2D eigenvalue weighted by atomic mass is 10.00. The molecule has 1 aromatic heterocycles. The molecule has 2 aliphatic rings. The number of carboxylic acids is 1. The Morgan fingerprint density at radius 2 is 1.84 bits per heavy atom. The van der Waals surface area contributed by atoms with Crippen LogP contribution >= 0.6 is 0 Å². The number of anilines is 1. The van der Waals surface area contributed by atoms with Gasteiger partial charge in [-0.1, -0.05) is 12.1 Å². The van der Waals surface area contributed by atoms with Gasteiger partial charge in [0.05, 0.1) is 24.7 Å². The first-order valence-electron chi connectivity index (χ1n) is 10.4. The molecule has 4 rings (SSSR count). The lowest BCUT2D eigenvalue weighted by Gasteiger charge is -2.36. The van der Waals surface area contributed by atoms with E-state index in [0.717, 1.165) is 11.6 Å². The van der Waals surface area contributed by atoms with Crippen LogP contribution in [0, 0.1) is 5.92 Å². The molecular formula is C22H24F3N3O4. The number of ether oxygens (including phenoxy) is 2. The van der Waals surface area contributed by atoms with Crippen molar-refractivity contribution in [2.24, 2.45) is 5.92 Å². The van der Waals surface area contributed by atoms with E-state index in [-0.39, 0.29) is 18.3 Å². The van der Waals surface area contributed by atoms with Crippen LogP contribution in [-0.4, -0.2) is 60.4 Å². The summed E-state index contributed by atoms with van der Waals surface area (Å²) in [6, 6.07) is 8.33. The summed E-state index contributed by atoms with van der Waals surface area (Å²) in [4.78, 5) is 18.6. The highest BCUT2D eigenvalue weighted by molar-refractivity contribution is 5.71. The zero-order valence-electron chi connectivity index (χ0n) is 17.3. The summed E-state index contributed by atoms with van der Waals surface area (Å²) in [6.07, 6.45) is -3.11. The maximum absolute atomic E-state index is 13.6. The summed E-state index contributed by atoms with van der Waals surface area (Å²) >= 11 is 0. The number of benzene rings is 1. The fourth-order valence-electron chi connectivity index (χ4n) is 3.79. The van der Waals surface area contributed by atoms with Crippen LogP contribution < -0.4 is 9.64 Å². The van der Waals surface area contributed by atoms with Crippen LogP contribution in [0.1, 0.15) is 16.7 Å². The molecular weight excluding hydrogens is 427 g/mol. The van der Waals surface area contributed by atoms with E-state index >= 15 is 0 Å². The molecule has 10 heteroatoms. The molecule has 0 atom stereocenters. The third-order valence-electron chi connectivity index (χ3n) is 5.58. The molecule has 0 unspecified atom stereocenters. The number of hydrogen-bond donors (Lipinski definition) is 1. The second kappa shape index (κ2) is 9.33. The van der Waals surface area contributed by atoms with Crippen LogP contribution in [0.4, 0.5) is 19.0 Å². The Kier molecular flexibility index (Phi) is 6.52. The Morgan fingerprint density at radius 3 is 2.47 bits per heavy atom. The molecule has 2 aromatic rings. The van der Waals surface area contributed by atoms with Gasteiger partial charge in [-0.3, -0.25) is 9.69 Å². The molecule has 0 spiro atoms. The summed E-state index contributed by atoms with van der Waals surface area (Å²) in [5.74, 6) is -0.620. The lowest BCUT2D eigenvalue weighted by molar-refractivity contribution is -0.147. The minimum Gasteiger partial charge on any atom is -0.489 e. The Bertz CT molecular complexity index is 940. The van der Waals surface area contributed by atoms with E-state index in [0.29, 0.717) is 57.3 Å². The van der Waals surface area contributed by atoms with E-state index in [1.807, 2.05) is 17.0 Å². The predicted octanol–water partition coefficient (Wildman–Crippen LogP) is 3.03. The minimum atomic E-state index is -4.52. The van der Waals surface area contributed by atoms with E-state index in [9.17, 15) is 18.0 Å². The van der Waals surface area contributed by atoms with Crippen LogP contribution in [0.2, 0.25) is 0 Å². The van der Waals surface area contributed by atoms with Crippen LogP contribution in [0.5, 0.6) is 5.75 Å². The summed E-state index contributed by atoms with van der Waals surface area (Å²) < 4.78 is 51.7. The number of halogens is 3. The van der Waals surface area contributed by atoms with Gasteiger partial charge in [-0.05, 0) is 23.8 Å². The lowest BCUT2D eigenvalue weighted by Crippen LogP contribution is -2.49. The molecule has 0 bridgehead atoms. The van der Waals surface area contributed by atoms with E-state index in [1.54, 1.807) is 17.0 Å². The summed E-state index contributed by atoms with van der Waals surface area (Å²) in [6.45, 7) is 3.15. The average molecular weight is 451 g/mol. The van der Waals surface area contributed by atoms with Crippen LogP contribution in [0.25, 0.3) is 0 Å². The normalized spacial score (nSPS) is 17.8. The minimum absolute atomic E-state index is 0.0365. The molecule has 2 saturated heterocycles. The number of nitrogens with zero attached hydrogens (tertiary/aromatic N) is 3. The number of pyridine rings is 1. The second-order valence-corrected chi connectivity index (χ2v) is 7.97. The molecule has 1 N–H and O–H groups in total. The Labute approximate surface area is 183 Å². The molecule has 3 heterocycles. The van der Waals surface area contributed by atoms with Crippen molar-refractivity contribution < 1.29 is 32.5 Å². The number of rotatable bonds is 7. The first-order chi connectivity index (χ1) is 15.3. The van der Waals surface area contributed by atoms with Gasteiger partial charge in [0.1, 0.15) is 18.2 Å². The van der Waals surface area contributed by atoms with Crippen molar-refractivity contribution in [3.8, 4) is 5.75 Å². The van der Waals surface area contributed by atoms with Crippen molar-refractivity contribution in [2.45, 2.75) is 19.3 Å². The molecule has 7 nitrogen and oxygen atoms in total. The van der Waals surface area contributed by atoms with Crippen LogP contribution in [0.3, 0.4) is 0 Å². The monoisotopic (exact) mass is 451 g/mol. The van der Waals surface area contributed by atoms with E-state index in [4.69, 9.17) is 14.6 Å². The number of alkyl halides is 3. The van der Waals surface area contributed by atoms with Crippen LogP contribution in [-0.2, 0) is 28.9 Å². The van der Waals surface area contributed by atoms with Gasteiger partial charge in [-0.15, -0.1) is 0 Å². The zero-order chi connectivity index (χ0) is 22.7. The first kappa shape index (κ1) is 22.3. The van der Waals surface area contributed by atoms with Crippen molar-refractivity contribution in [2.75, 3.05) is 44.3 Å². The smallest absolute Gasteiger partial charge is 0.419 e. The molecule has 0 aliphatic carbocycles. The molecule has 1 aromatic carbocycles. The summed E-state index contributed by atoms with van der Waals surface area (Å²) in [5.41, 5.74) is 0.570. The highest BCUT2D eigenvalue weighted by Gasteiger charge is 2.36. The van der Waals surface area contributed by atoms with Crippen LogP contribution in [0.15, 0.2) is 36.5 Å². The summed E-state index contributed by atoms with van der Waals surface area (Å²) in [7, 11) is 0. The third kappa shape index (κ3) is 5.31. The van der Waals surface area contributed by atoms with Gasteiger partial charge in [0.2, 0.25) is 0 Å². The fraction of sp³-hybridized carbons (Fsp3) is 0.455. The number of aromatic nitrogens is 1. The molecule has 0 saturated carbocycles. The predicted molar refractivity (Wildman–Crippen MR) is 109 cm³/mol. The standard InChI is InChI=1S/C22H24F3N3O4/c23-22(24,25)19-9-16(10-26-20(19)28-5-7-31-8-6-28)14-32-18-3-1-15(2-4-18)11-27-12-17(13-27)21(29)30/h1-4,9-10,17H,5-8,11-14H2,(H,29,30). The van der Waals surface area contributed by atoms with Gasteiger partial charge in [0.25, 0.3) is 0 Å². The van der Waals surface area contributed by atoms with Gasteiger partial charge < -0.3 is 19.5 Å². The topological polar surface area (TPSA) is 75.1 Å². The van der Waals surface area contributed by atoms with Crippen molar-refractivity contribution in [3.05, 3.63) is 53.2 Å². The van der Waals surface area contributed by atoms with E-state index in [1.165, 1.54) is 6.20 Å². The summed E-state index contributed by atoms with van der Waals surface area (Å²) in [5, 5.41) is 8.93. The molecule has 2 fully saturated rings. The van der Waals surface area contributed by atoms with Gasteiger partial charge in [0, 0.05) is 44.5 Å². The Balaban J connectivity index is 1.36. The molecule has 32 heavy (non-hydrogen) atoms. The van der Waals surface area contributed by atoms with E-state index < -0.39 is 17.7 Å². The SMILES string of the molecule is O=C(O)C1CN(Cc2ccc(OCc3cnc(N4CCOCC4)c(C(F)(F)F)c3)cc2)C1. The highest BCUT2D eigenvalue weighted by atomic mass is 19.4. The molecule has 0 radical (unpaired) electrons. The number of likely N-dealkylation sites (tertiary alicyclic amines) is 1. The highest BCUT2D eigenvalue weighted by Crippen LogP contribution is 2.36. The molecule has 2 aliphatic heterocycles. The van der Waals surface area contributed by atoms with E-state index in [2.05, 4.69) is 4.98 Å². The van der Waals surface area contributed by atoms with Crippen molar-refractivity contribution >= 4 is 11.8 Å². The number of carboxylic acid groups (broad SMARTS) is 1. The quantitative estimate of drug-likeness (QED) is 0.694. The number of hydrogen-bond acceptors (Lipinski definition) is 6. The number of aliphatic carboxylic acids is 1. The van der Waals surface area contributed by atoms with Gasteiger partial charge in [0.15, 0.2) is 0 Å². The first-order valence-corrected chi connectivity index (χ1v) is 10.4. The molecule has 172 valence electrons. The zero-order valence-corrected chi connectivity index (χ0v) is 17.3. The number of carbonyl (C=O) groups is 1. The van der Waals surface area contributed by atoms with Gasteiger partial charge in [-0.25, -0.2) is 4.98 Å². The van der Waals surface area contributed by atoms with Crippen molar-refractivity contribution in [3.63, 3.8) is 0 Å². The average Bonchev–Trinajstić information content (AvgIpc) is 2.75. The third-order valence-corrected chi connectivity index (χ3v) is 5.58. The Hall–Kier alpha value is -2.85. The second-order valence-electron chi connectivity index (χ2n) is 7.97.